The molecule has 0 amide bonds. The number of hydrogen-bond donors (Lipinski definition) is 1. The summed E-state index contributed by atoms with van der Waals surface area (Å²) in [6.07, 6.45) is 0. The van der Waals surface area contributed by atoms with E-state index in [2.05, 4.69) is 5.10 Å². The fourth-order valence-electron chi connectivity index (χ4n) is 1.60. The molecular formula is C12H13FN2O2. The highest BCUT2D eigenvalue weighted by molar-refractivity contribution is 5.35. The number of halogens is 1. The average molecular weight is 236 g/mol. The van der Waals surface area contributed by atoms with Crippen molar-refractivity contribution in [1.29, 1.82) is 0 Å². The number of hydrogen-bond acceptors (Lipinski definition) is 3. The summed E-state index contributed by atoms with van der Waals surface area (Å²) < 4.78 is 19.9. The minimum Gasteiger partial charge on any atom is -0.439 e. The molecule has 0 aliphatic rings. The molecule has 5 heteroatoms. The molecule has 1 heterocycles. The smallest absolute Gasteiger partial charge is 0.223 e. The van der Waals surface area contributed by atoms with Gasteiger partial charge in [-0.2, -0.15) is 5.10 Å². The van der Waals surface area contributed by atoms with Crippen molar-refractivity contribution in [3.05, 3.63) is 41.3 Å². The van der Waals surface area contributed by atoms with Crippen molar-refractivity contribution in [3.8, 4) is 11.6 Å². The first-order valence-corrected chi connectivity index (χ1v) is 5.18. The topological polar surface area (TPSA) is 47.3 Å². The highest BCUT2D eigenvalue weighted by Gasteiger charge is 2.14. The van der Waals surface area contributed by atoms with Crippen LogP contribution in [0.25, 0.3) is 0 Å². The van der Waals surface area contributed by atoms with Crippen LogP contribution in [0, 0.1) is 12.7 Å². The molecule has 1 N–H and O–H groups in total. The molecule has 1 aromatic heterocycles. The zero-order valence-electron chi connectivity index (χ0n) is 9.64. The minimum absolute atomic E-state index is 0.143. The van der Waals surface area contributed by atoms with Gasteiger partial charge in [0.25, 0.3) is 0 Å². The second-order valence-electron chi connectivity index (χ2n) is 3.71. The van der Waals surface area contributed by atoms with Crippen LogP contribution in [-0.2, 0) is 13.7 Å². The molecule has 2 rings (SSSR count). The Labute approximate surface area is 98.3 Å². The van der Waals surface area contributed by atoms with Crippen LogP contribution in [0.4, 0.5) is 4.39 Å². The van der Waals surface area contributed by atoms with Gasteiger partial charge in [0.1, 0.15) is 11.6 Å². The Morgan fingerprint density at radius 1 is 1.35 bits per heavy atom. The van der Waals surface area contributed by atoms with E-state index in [9.17, 15) is 9.50 Å². The second kappa shape index (κ2) is 4.55. The van der Waals surface area contributed by atoms with E-state index in [1.54, 1.807) is 18.7 Å². The van der Waals surface area contributed by atoms with Crippen LogP contribution < -0.4 is 4.74 Å². The number of rotatable bonds is 3. The second-order valence-corrected chi connectivity index (χ2v) is 3.71. The SMILES string of the molecule is Cc1nn(C)c(Oc2ccc(F)cc2)c1CO. The monoisotopic (exact) mass is 236 g/mol. The van der Waals surface area contributed by atoms with Crippen molar-refractivity contribution in [3.63, 3.8) is 0 Å². The molecule has 0 aliphatic carbocycles. The summed E-state index contributed by atoms with van der Waals surface area (Å²) in [6.45, 7) is 1.65. The molecule has 90 valence electrons. The third kappa shape index (κ3) is 2.29. The van der Waals surface area contributed by atoms with Crippen molar-refractivity contribution < 1.29 is 14.2 Å². The zero-order chi connectivity index (χ0) is 12.4. The Hall–Kier alpha value is -1.88. The van der Waals surface area contributed by atoms with Crippen molar-refractivity contribution in [2.45, 2.75) is 13.5 Å². The quantitative estimate of drug-likeness (QED) is 0.888. The van der Waals surface area contributed by atoms with Gasteiger partial charge < -0.3 is 9.84 Å². The first-order chi connectivity index (χ1) is 8.11. The van der Waals surface area contributed by atoms with E-state index >= 15 is 0 Å². The lowest BCUT2D eigenvalue weighted by atomic mass is 10.2. The van der Waals surface area contributed by atoms with E-state index in [1.807, 2.05) is 0 Å². The van der Waals surface area contributed by atoms with Crippen molar-refractivity contribution in [1.82, 2.24) is 9.78 Å². The van der Waals surface area contributed by atoms with Crippen LogP contribution in [0.5, 0.6) is 11.6 Å². The van der Waals surface area contributed by atoms with E-state index in [0.717, 1.165) is 0 Å². The summed E-state index contributed by atoms with van der Waals surface area (Å²) in [5.41, 5.74) is 1.35. The lowest BCUT2D eigenvalue weighted by Crippen LogP contribution is -1.97. The largest absolute Gasteiger partial charge is 0.439 e. The van der Waals surface area contributed by atoms with Gasteiger partial charge in [-0.3, -0.25) is 0 Å². The summed E-state index contributed by atoms with van der Waals surface area (Å²) in [5.74, 6) is 0.654. The van der Waals surface area contributed by atoms with Crippen LogP contribution in [0.3, 0.4) is 0 Å². The van der Waals surface area contributed by atoms with Gasteiger partial charge in [-0.1, -0.05) is 0 Å². The Balaban J connectivity index is 2.32. The summed E-state index contributed by atoms with van der Waals surface area (Å²) in [5, 5.41) is 13.4. The number of aryl methyl sites for hydroxylation is 2. The van der Waals surface area contributed by atoms with Gasteiger partial charge in [-0.15, -0.1) is 0 Å². The molecule has 0 fully saturated rings. The van der Waals surface area contributed by atoms with Crippen molar-refractivity contribution in [2.24, 2.45) is 7.05 Å². The number of aliphatic hydroxyl groups excluding tert-OH is 1. The number of nitrogens with zero attached hydrogens (tertiary/aromatic N) is 2. The summed E-state index contributed by atoms with van der Waals surface area (Å²) in [4.78, 5) is 0. The van der Waals surface area contributed by atoms with E-state index in [-0.39, 0.29) is 12.4 Å². The third-order valence-electron chi connectivity index (χ3n) is 2.48. The summed E-state index contributed by atoms with van der Waals surface area (Å²) in [7, 11) is 1.73. The van der Waals surface area contributed by atoms with Crippen LogP contribution in [0.2, 0.25) is 0 Å². The molecule has 1 aromatic carbocycles. The van der Waals surface area contributed by atoms with E-state index in [1.165, 1.54) is 24.3 Å². The normalized spacial score (nSPS) is 10.6. The van der Waals surface area contributed by atoms with Gasteiger partial charge in [0.05, 0.1) is 17.9 Å². The lowest BCUT2D eigenvalue weighted by molar-refractivity contribution is 0.274. The van der Waals surface area contributed by atoms with E-state index in [4.69, 9.17) is 4.74 Å². The predicted molar refractivity (Wildman–Crippen MR) is 60.3 cm³/mol. The molecule has 0 unspecified atom stereocenters. The number of ether oxygens (including phenoxy) is 1. The van der Waals surface area contributed by atoms with Gasteiger partial charge in [0.2, 0.25) is 5.88 Å². The maximum Gasteiger partial charge on any atom is 0.223 e. The zero-order valence-corrected chi connectivity index (χ0v) is 9.64. The van der Waals surface area contributed by atoms with E-state index < -0.39 is 0 Å². The molecule has 2 aromatic rings. The lowest BCUT2D eigenvalue weighted by Gasteiger charge is -2.07. The maximum atomic E-state index is 12.7. The van der Waals surface area contributed by atoms with Crippen LogP contribution in [0.1, 0.15) is 11.3 Å². The fourth-order valence-corrected chi connectivity index (χ4v) is 1.60. The Morgan fingerprint density at radius 3 is 2.59 bits per heavy atom. The first-order valence-electron chi connectivity index (χ1n) is 5.18. The third-order valence-corrected chi connectivity index (χ3v) is 2.48. The van der Waals surface area contributed by atoms with Crippen LogP contribution in [-0.4, -0.2) is 14.9 Å². The molecule has 0 atom stereocenters. The van der Waals surface area contributed by atoms with Gasteiger partial charge in [0.15, 0.2) is 0 Å². The number of benzene rings is 1. The highest BCUT2D eigenvalue weighted by atomic mass is 19.1. The highest BCUT2D eigenvalue weighted by Crippen LogP contribution is 2.27. The van der Waals surface area contributed by atoms with Gasteiger partial charge in [-0.05, 0) is 31.2 Å². The molecule has 0 saturated heterocycles. The van der Waals surface area contributed by atoms with Crippen molar-refractivity contribution in [2.75, 3.05) is 0 Å². The van der Waals surface area contributed by atoms with Gasteiger partial charge in [0, 0.05) is 7.05 Å². The molecule has 0 radical (unpaired) electrons. The van der Waals surface area contributed by atoms with E-state index in [0.29, 0.717) is 22.9 Å². The number of aromatic nitrogens is 2. The van der Waals surface area contributed by atoms with Crippen LogP contribution >= 0.6 is 0 Å². The number of aliphatic hydroxyl groups is 1. The Morgan fingerprint density at radius 2 is 2.00 bits per heavy atom. The maximum absolute atomic E-state index is 12.7. The van der Waals surface area contributed by atoms with Crippen LogP contribution in [0.15, 0.2) is 24.3 Å². The molecule has 0 spiro atoms. The fraction of sp³-hybridized carbons (Fsp3) is 0.250. The Kier molecular flexibility index (Phi) is 3.10. The molecule has 17 heavy (non-hydrogen) atoms. The van der Waals surface area contributed by atoms with Gasteiger partial charge >= 0.3 is 0 Å². The molecule has 0 aliphatic heterocycles. The average Bonchev–Trinajstić information content (AvgIpc) is 2.57. The summed E-state index contributed by atoms with van der Waals surface area (Å²) >= 11 is 0. The summed E-state index contributed by atoms with van der Waals surface area (Å²) in [6, 6.07) is 5.69. The van der Waals surface area contributed by atoms with Crippen molar-refractivity contribution >= 4 is 0 Å². The molecule has 0 saturated carbocycles. The molecule has 0 bridgehead atoms. The Bertz CT molecular complexity index is 520. The minimum atomic E-state index is -0.319. The standard InChI is InChI=1S/C12H13FN2O2/c1-8-11(7-16)12(15(2)14-8)17-10-5-3-9(13)4-6-10/h3-6,16H,7H2,1-2H3. The molecule has 4 nitrogen and oxygen atoms in total. The first kappa shape index (κ1) is 11.6. The predicted octanol–water partition coefficient (Wildman–Crippen LogP) is 2.15. The molecular weight excluding hydrogens is 223 g/mol. The van der Waals surface area contributed by atoms with Gasteiger partial charge in [-0.25, -0.2) is 9.07 Å².